The van der Waals surface area contributed by atoms with Crippen molar-refractivity contribution < 1.29 is 4.39 Å². The minimum Gasteiger partial charge on any atom is -0.324 e. The summed E-state index contributed by atoms with van der Waals surface area (Å²) in [6, 6.07) is 9.30. The number of aromatic nitrogens is 5. The fraction of sp³-hybridized carbons (Fsp3) is 0.304. The van der Waals surface area contributed by atoms with Gasteiger partial charge in [-0.1, -0.05) is 0 Å². The van der Waals surface area contributed by atoms with Crippen LogP contribution in [-0.4, -0.2) is 44.4 Å². The number of piperidine rings is 1. The van der Waals surface area contributed by atoms with Crippen molar-refractivity contribution in [1.29, 1.82) is 0 Å². The molecule has 8 heteroatoms. The Labute approximate surface area is 179 Å². The molecule has 6 rings (SSSR count). The van der Waals surface area contributed by atoms with Gasteiger partial charge in [-0.15, -0.1) is 0 Å². The number of anilines is 2. The molecule has 1 aromatic carbocycles. The van der Waals surface area contributed by atoms with E-state index in [1.54, 1.807) is 12.4 Å². The molecule has 3 aromatic heterocycles. The van der Waals surface area contributed by atoms with E-state index in [1.807, 2.05) is 24.4 Å². The summed E-state index contributed by atoms with van der Waals surface area (Å²) in [7, 11) is 0. The van der Waals surface area contributed by atoms with Gasteiger partial charge in [-0.3, -0.25) is 4.68 Å². The maximum atomic E-state index is 13.7. The fourth-order valence-corrected chi connectivity index (χ4v) is 4.62. The normalized spacial score (nSPS) is 16.7. The Hall–Kier alpha value is -3.39. The molecule has 31 heavy (non-hydrogen) atoms. The van der Waals surface area contributed by atoms with Gasteiger partial charge in [0.1, 0.15) is 17.7 Å². The third kappa shape index (κ3) is 3.23. The van der Waals surface area contributed by atoms with Gasteiger partial charge >= 0.3 is 0 Å². The van der Waals surface area contributed by atoms with Crippen LogP contribution in [0.1, 0.15) is 24.4 Å². The van der Waals surface area contributed by atoms with Crippen LogP contribution in [0.3, 0.4) is 0 Å². The monoisotopic (exact) mass is 415 g/mol. The number of fused-ring (bicyclic) bond motifs is 2. The Balaban J connectivity index is 1.39. The molecular formula is C23H22FN7. The lowest BCUT2D eigenvalue weighted by Crippen LogP contribution is -2.29. The summed E-state index contributed by atoms with van der Waals surface area (Å²) in [4.78, 5) is 16.0. The molecule has 1 fully saturated rings. The first-order valence-electron chi connectivity index (χ1n) is 10.7. The molecule has 4 aromatic rings. The first kappa shape index (κ1) is 18.4. The van der Waals surface area contributed by atoms with Gasteiger partial charge in [0.25, 0.3) is 0 Å². The molecular weight excluding hydrogens is 393 g/mol. The Morgan fingerprint density at radius 1 is 1.06 bits per heavy atom. The van der Waals surface area contributed by atoms with Gasteiger partial charge in [-0.25, -0.2) is 19.3 Å². The van der Waals surface area contributed by atoms with Crippen LogP contribution in [0.4, 0.5) is 15.9 Å². The van der Waals surface area contributed by atoms with Crippen molar-refractivity contribution in [1.82, 2.24) is 30.0 Å². The number of rotatable bonds is 3. The SMILES string of the molecule is Fc1ccc2c(c1)CCN2c1ncnc2ccc(-c3cnn(C4CCNCC4)c3)nc12. The van der Waals surface area contributed by atoms with Gasteiger partial charge in [0.15, 0.2) is 5.82 Å². The maximum Gasteiger partial charge on any atom is 0.163 e. The zero-order valence-electron chi connectivity index (χ0n) is 17.0. The van der Waals surface area contributed by atoms with E-state index >= 15 is 0 Å². The Kier molecular flexibility index (Phi) is 4.38. The highest BCUT2D eigenvalue weighted by Gasteiger charge is 2.24. The predicted octanol–water partition coefficient (Wildman–Crippen LogP) is 3.65. The smallest absolute Gasteiger partial charge is 0.163 e. The Bertz CT molecular complexity index is 1260. The summed E-state index contributed by atoms with van der Waals surface area (Å²) >= 11 is 0. The number of nitrogens with zero attached hydrogens (tertiary/aromatic N) is 6. The van der Waals surface area contributed by atoms with E-state index in [0.717, 1.165) is 78.3 Å². The van der Waals surface area contributed by atoms with Gasteiger partial charge in [-0.2, -0.15) is 5.10 Å². The topological polar surface area (TPSA) is 71.8 Å². The van der Waals surface area contributed by atoms with Crippen molar-refractivity contribution in [2.45, 2.75) is 25.3 Å². The molecule has 0 spiro atoms. The average molecular weight is 415 g/mol. The van der Waals surface area contributed by atoms with Gasteiger partial charge < -0.3 is 10.2 Å². The molecule has 156 valence electrons. The number of benzene rings is 1. The van der Waals surface area contributed by atoms with Crippen LogP contribution in [0.25, 0.3) is 22.3 Å². The molecule has 5 heterocycles. The second kappa shape index (κ2) is 7.39. The molecule has 0 saturated carbocycles. The highest BCUT2D eigenvalue weighted by Crippen LogP contribution is 2.36. The summed E-state index contributed by atoms with van der Waals surface area (Å²) in [6.07, 6.45) is 8.48. The minimum absolute atomic E-state index is 0.209. The zero-order valence-corrected chi connectivity index (χ0v) is 17.0. The molecule has 2 aliphatic heterocycles. The van der Waals surface area contributed by atoms with Crippen molar-refractivity contribution >= 4 is 22.5 Å². The van der Waals surface area contributed by atoms with Crippen LogP contribution < -0.4 is 10.2 Å². The van der Waals surface area contributed by atoms with Gasteiger partial charge in [0.05, 0.1) is 23.4 Å². The first-order valence-corrected chi connectivity index (χ1v) is 10.7. The lowest BCUT2D eigenvalue weighted by atomic mass is 10.1. The number of pyridine rings is 1. The fourth-order valence-electron chi connectivity index (χ4n) is 4.62. The maximum absolute atomic E-state index is 13.7. The standard InChI is InChI=1S/C23H22FN7/c24-17-1-4-21-15(11-17)7-10-30(21)23-22-20(26-14-27-23)3-2-19(29-22)16-12-28-31(13-16)18-5-8-25-9-6-18/h1-4,11-14,18,25H,5-10H2. The summed E-state index contributed by atoms with van der Waals surface area (Å²) < 4.78 is 15.7. The molecule has 1 N–H and O–H groups in total. The second-order valence-electron chi connectivity index (χ2n) is 8.13. The summed E-state index contributed by atoms with van der Waals surface area (Å²) in [6.45, 7) is 2.79. The zero-order chi connectivity index (χ0) is 20.8. The highest BCUT2D eigenvalue weighted by molar-refractivity contribution is 5.90. The van der Waals surface area contributed by atoms with Crippen LogP contribution in [0, 0.1) is 5.82 Å². The van der Waals surface area contributed by atoms with E-state index in [1.165, 1.54) is 6.07 Å². The lowest BCUT2D eigenvalue weighted by Gasteiger charge is -2.22. The molecule has 7 nitrogen and oxygen atoms in total. The summed E-state index contributed by atoms with van der Waals surface area (Å²) in [5.41, 5.74) is 5.33. The molecule has 1 saturated heterocycles. The van der Waals surface area contributed by atoms with E-state index in [2.05, 4.69) is 36.2 Å². The number of nitrogens with one attached hydrogen (secondary N) is 1. The molecule has 0 bridgehead atoms. The van der Waals surface area contributed by atoms with E-state index < -0.39 is 0 Å². The third-order valence-corrected chi connectivity index (χ3v) is 6.24. The van der Waals surface area contributed by atoms with Crippen LogP contribution in [0.5, 0.6) is 0 Å². The molecule has 0 unspecified atom stereocenters. The van der Waals surface area contributed by atoms with Crippen molar-refractivity contribution in [2.75, 3.05) is 24.5 Å². The van der Waals surface area contributed by atoms with Crippen molar-refractivity contribution in [3.8, 4) is 11.3 Å². The van der Waals surface area contributed by atoms with Crippen LogP contribution in [0.2, 0.25) is 0 Å². The molecule has 2 aliphatic rings. The quantitative estimate of drug-likeness (QED) is 0.551. The first-order chi connectivity index (χ1) is 15.3. The van der Waals surface area contributed by atoms with E-state index in [9.17, 15) is 4.39 Å². The average Bonchev–Trinajstić information content (AvgIpc) is 3.46. The number of halogens is 1. The summed E-state index contributed by atoms with van der Waals surface area (Å²) in [5.74, 6) is 0.544. The third-order valence-electron chi connectivity index (χ3n) is 6.24. The lowest BCUT2D eigenvalue weighted by molar-refractivity contribution is 0.343. The summed E-state index contributed by atoms with van der Waals surface area (Å²) in [5, 5.41) is 8.00. The Morgan fingerprint density at radius 3 is 2.87 bits per heavy atom. The minimum atomic E-state index is -0.209. The van der Waals surface area contributed by atoms with Crippen molar-refractivity contribution in [3.05, 3.63) is 60.4 Å². The van der Waals surface area contributed by atoms with Crippen molar-refractivity contribution in [3.63, 3.8) is 0 Å². The van der Waals surface area contributed by atoms with E-state index in [0.29, 0.717) is 6.04 Å². The van der Waals surface area contributed by atoms with Gasteiger partial charge in [-0.05, 0) is 68.2 Å². The van der Waals surface area contributed by atoms with Crippen molar-refractivity contribution in [2.24, 2.45) is 0 Å². The molecule has 0 amide bonds. The number of hydrogen-bond donors (Lipinski definition) is 1. The predicted molar refractivity (Wildman–Crippen MR) is 117 cm³/mol. The molecule has 0 atom stereocenters. The largest absolute Gasteiger partial charge is 0.324 e. The molecule has 0 radical (unpaired) electrons. The van der Waals surface area contributed by atoms with Crippen LogP contribution in [0.15, 0.2) is 49.1 Å². The van der Waals surface area contributed by atoms with E-state index in [-0.39, 0.29) is 5.82 Å². The number of hydrogen-bond acceptors (Lipinski definition) is 6. The molecule has 0 aliphatic carbocycles. The van der Waals surface area contributed by atoms with Crippen LogP contribution >= 0.6 is 0 Å². The van der Waals surface area contributed by atoms with Gasteiger partial charge in [0, 0.05) is 24.0 Å². The van der Waals surface area contributed by atoms with E-state index in [4.69, 9.17) is 4.98 Å². The second-order valence-corrected chi connectivity index (χ2v) is 8.13. The van der Waals surface area contributed by atoms with Crippen LogP contribution in [-0.2, 0) is 6.42 Å². The Morgan fingerprint density at radius 2 is 1.97 bits per heavy atom. The highest BCUT2D eigenvalue weighted by atomic mass is 19.1. The van der Waals surface area contributed by atoms with Gasteiger partial charge in [0.2, 0.25) is 0 Å².